The van der Waals surface area contributed by atoms with Crippen LogP contribution in [0.1, 0.15) is 62.5 Å². The van der Waals surface area contributed by atoms with Gasteiger partial charge in [0.2, 0.25) is 5.95 Å². The zero-order chi connectivity index (χ0) is 21.4. The van der Waals surface area contributed by atoms with Gasteiger partial charge >= 0.3 is 0 Å². The van der Waals surface area contributed by atoms with Crippen molar-refractivity contribution in [3.63, 3.8) is 0 Å². The van der Waals surface area contributed by atoms with Crippen LogP contribution in [0.25, 0.3) is 0 Å². The predicted octanol–water partition coefficient (Wildman–Crippen LogP) is 5.09. The second-order valence-corrected chi connectivity index (χ2v) is 10.9. The molecule has 1 aromatic carbocycles. The maximum atomic E-state index is 4.41. The average molecular weight is 431 g/mol. The lowest BCUT2D eigenvalue weighted by Gasteiger charge is -2.52. The molecule has 1 aromatic heterocycles. The Balaban J connectivity index is 1.11. The van der Waals surface area contributed by atoms with Crippen LogP contribution in [0, 0.1) is 17.8 Å². The van der Waals surface area contributed by atoms with Gasteiger partial charge in [0.1, 0.15) is 0 Å². The number of anilines is 1. The van der Waals surface area contributed by atoms with Crippen LogP contribution < -0.4 is 4.90 Å². The van der Waals surface area contributed by atoms with Gasteiger partial charge in [-0.3, -0.25) is 0 Å². The summed E-state index contributed by atoms with van der Waals surface area (Å²) >= 11 is 0. The molecule has 0 N–H and O–H groups in total. The van der Waals surface area contributed by atoms with E-state index in [2.05, 4.69) is 44.0 Å². The van der Waals surface area contributed by atoms with Gasteiger partial charge in [-0.15, -0.1) is 0 Å². The van der Waals surface area contributed by atoms with Crippen LogP contribution in [-0.4, -0.2) is 47.6 Å². The Bertz CT molecular complexity index is 895. The molecular formula is C28H38N4. The molecule has 2 aliphatic heterocycles. The number of piperidine rings is 1. The van der Waals surface area contributed by atoms with Crippen LogP contribution in [0.5, 0.6) is 0 Å². The van der Waals surface area contributed by atoms with Crippen LogP contribution in [0.3, 0.4) is 0 Å². The Kier molecular flexibility index (Phi) is 5.66. The van der Waals surface area contributed by atoms with Crippen LogP contribution in [0.15, 0.2) is 42.7 Å². The SMILES string of the molecule is c1cnc(N2CC(CN3CCC(C4(C5CCCC5)CCCc5ccccc54)CC3)C2)nc1. The number of hydrogen-bond donors (Lipinski definition) is 0. The highest BCUT2D eigenvalue weighted by Crippen LogP contribution is 2.55. The summed E-state index contributed by atoms with van der Waals surface area (Å²) in [4.78, 5) is 13.9. The Labute approximate surface area is 193 Å². The normalized spacial score (nSPS) is 27.9. The van der Waals surface area contributed by atoms with E-state index in [4.69, 9.17) is 0 Å². The van der Waals surface area contributed by atoms with Crippen molar-refractivity contribution in [2.24, 2.45) is 17.8 Å². The van der Waals surface area contributed by atoms with E-state index in [9.17, 15) is 0 Å². The number of aryl methyl sites for hydroxylation is 1. The third kappa shape index (κ3) is 3.65. The van der Waals surface area contributed by atoms with Crippen LogP contribution in [0.2, 0.25) is 0 Å². The highest BCUT2D eigenvalue weighted by atomic mass is 15.3. The lowest BCUT2D eigenvalue weighted by molar-refractivity contribution is 0.0647. The Morgan fingerprint density at radius 1 is 0.844 bits per heavy atom. The van der Waals surface area contributed by atoms with Gasteiger partial charge in [-0.25, -0.2) is 9.97 Å². The quantitative estimate of drug-likeness (QED) is 0.661. The first-order chi connectivity index (χ1) is 15.8. The number of benzene rings is 1. The summed E-state index contributed by atoms with van der Waals surface area (Å²) in [6.45, 7) is 6.06. The van der Waals surface area contributed by atoms with E-state index in [1.807, 2.05) is 18.5 Å². The molecular weight excluding hydrogens is 392 g/mol. The third-order valence-corrected chi connectivity index (χ3v) is 9.26. The molecule has 2 aromatic rings. The molecule has 0 amide bonds. The maximum Gasteiger partial charge on any atom is 0.225 e. The van der Waals surface area contributed by atoms with E-state index in [-0.39, 0.29) is 0 Å². The molecule has 1 unspecified atom stereocenters. The van der Waals surface area contributed by atoms with E-state index in [0.29, 0.717) is 5.41 Å². The minimum absolute atomic E-state index is 0.468. The molecule has 2 aliphatic carbocycles. The second kappa shape index (κ2) is 8.78. The van der Waals surface area contributed by atoms with Crippen LogP contribution in [0.4, 0.5) is 5.95 Å². The van der Waals surface area contributed by atoms with E-state index in [1.165, 1.54) is 77.4 Å². The molecule has 2 saturated heterocycles. The number of likely N-dealkylation sites (tertiary alicyclic amines) is 1. The molecule has 0 radical (unpaired) electrons. The highest BCUT2D eigenvalue weighted by molar-refractivity contribution is 5.39. The Morgan fingerprint density at radius 2 is 1.56 bits per heavy atom. The lowest BCUT2D eigenvalue weighted by atomic mass is 9.54. The van der Waals surface area contributed by atoms with Gasteiger partial charge in [0.05, 0.1) is 0 Å². The number of fused-ring (bicyclic) bond motifs is 1. The summed E-state index contributed by atoms with van der Waals surface area (Å²) in [7, 11) is 0. The average Bonchev–Trinajstić information content (AvgIpc) is 3.37. The minimum Gasteiger partial charge on any atom is -0.340 e. The molecule has 170 valence electrons. The topological polar surface area (TPSA) is 32.3 Å². The van der Waals surface area contributed by atoms with Gasteiger partial charge in [-0.05, 0) is 87.1 Å². The number of hydrogen-bond acceptors (Lipinski definition) is 4. The Morgan fingerprint density at radius 3 is 2.34 bits per heavy atom. The highest BCUT2D eigenvalue weighted by Gasteiger charge is 2.49. The summed E-state index contributed by atoms with van der Waals surface area (Å²) < 4.78 is 0. The van der Waals surface area contributed by atoms with E-state index < -0.39 is 0 Å². The van der Waals surface area contributed by atoms with Gasteiger partial charge in [0.15, 0.2) is 0 Å². The fraction of sp³-hybridized carbons (Fsp3) is 0.643. The first kappa shape index (κ1) is 20.7. The first-order valence-corrected chi connectivity index (χ1v) is 13.2. The lowest BCUT2D eigenvalue weighted by Crippen LogP contribution is -2.54. The maximum absolute atomic E-state index is 4.41. The van der Waals surface area contributed by atoms with E-state index in [0.717, 1.165) is 36.8 Å². The number of aromatic nitrogens is 2. The Hall–Kier alpha value is -1.94. The first-order valence-electron chi connectivity index (χ1n) is 13.2. The van der Waals surface area contributed by atoms with Crippen LogP contribution in [-0.2, 0) is 11.8 Å². The van der Waals surface area contributed by atoms with Gasteiger partial charge in [0, 0.05) is 43.4 Å². The number of rotatable bonds is 5. The van der Waals surface area contributed by atoms with Gasteiger partial charge in [-0.2, -0.15) is 0 Å². The zero-order valence-electron chi connectivity index (χ0n) is 19.5. The fourth-order valence-electron chi connectivity index (χ4n) is 7.82. The van der Waals surface area contributed by atoms with E-state index >= 15 is 0 Å². The summed E-state index contributed by atoms with van der Waals surface area (Å²) in [6.07, 6.45) is 16.5. The van der Waals surface area contributed by atoms with Gasteiger partial charge in [-0.1, -0.05) is 37.1 Å². The zero-order valence-corrected chi connectivity index (χ0v) is 19.5. The van der Waals surface area contributed by atoms with Crippen LogP contribution >= 0.6 is 0 Å². The van der Waals surface area contributed by atoms with Gasteiger partial charge < -0.3 is 9.80 Å². The molecule has 4 heteroatoms. The molecule has 0 spiro atoms. The largest absolute Gasteiger partial charge is 0.340 e. The molecule has 1 saturated carbocycles. The van der Waals surface area contributed by atoms with Gasteiger partial charge in [0.25, 0.3) is 0 Å². The predicted molar refractivity (Wildman–Crippen MR) is 130 cm³/mol. The second-order valence-electron chi connectivity index (χ2n) is 10.9. The summed E-state index contributed by atoms with van der Waals surface area (Å²) in [5, 5.41) is 0. The molecule has 4 aliphatic rings. The van der Waals surface area contributed by atoms with Crippen molar-refractivity contribution in [1.29, 1.82) is 0 Å². The molecule has 4 nitrogen and oxygen atoms in total. The fourth-order valence-corrected chi connectivity index (χ4v) is 7.82. The van der Waals surface area contributed by atoms with Crippen molar-refractivity contribution < 1.29 is 0 Å². The smallest absolute Gasteiger partial charge is 0.225 e. The van der Waals surface area contributed by atoms with Crippen molar-refractivity contribution >= 4 is 5.95 Å². The standard InChI is InChI=1S/C28H38N4/c1-4-11-26-23(7-1)8-5-14-28(26,24-9-2-3-10-24)25-12-17-31(18-13-25)19-22-20-32(21-22)27-29-15-6-16-30-27/h1,4,6-7,11,15-16,22,24-25H,2-3,5,8-10,12-14,17-21H2. The molecule has 1 atom stereocenters. The minimum atomic E-state index is 0.468. The summed E-state index contributed by atoms with van der Waals surface area (Å²) in [5.74, 6) is 3.47. The van der Waals surface area contributed by atoms with Crippen molar-refractivity contribution in [2.75, 3.05) is 37.6 Å². The summed E-state index contributed by atoms with van der Waals surface area (Å²) in [5.41, 5.74) is 3.90. The monoisotopic (exact) mass is 430 g/mol. The van der Waals surface area contributed by atoms with Crippen molar-refractivity contribution in [3.05, 3.63) is 53.9 Å². The molecule has 3 fully saturated rings. The van der Waals surface area contributed by atoms with Crippen molar-refractivity contribution in [3.8, 4) is 0 Å². The molecule has 32 heavy (non-hydrogen) atoms. The van der Waals surface area contributed by atoms with Crippen molar-refractivity contribution in [1.82, 2.24) is 14.9 Å². The van der Waals surface area contributed by atoms with Crippen molar-refractivity contribution in [2.45, 2.75) is 63.2 Å². The number of nitrogens with zero attached hydrogens (tertiary/aromatic N) is 4. The van der Waals surface area contributed by atoms with E-state index in [1.54, 1.807) is 11.1 Å². The molecule has 3 heterocycles. The molecule has 0 bridgehead atoms. The third-order valence-electron chi connectivity index (χ3n) is 9.26. The summed E-state index contributed by atoms with van der Waals surface area (Å²) in [6, 6.07) is 11.4. The molecule has 6 rings (SSSR count).